The molecule has 0 spiro atoms. The van der Waals surface area contributed by atoms with Crippen LogP contribution in [0.5, 0.6) is 0 Å². The third-order valence-corrected chi connectivity index (χ3v) is 2.91. The third kappa shape index (κ3) is 2.43. The number of aryl methyl sites for hydroxylation is 1. The van der Waals surface area contributed by atoms with Crippen LogP contribution in [0.15, 0.2) is 12.1 Å². The SMILES string of the molecule is CCOC(=O)c1cc(I)c(C)cc1F. The molecule has 0 saturated carbocycles. The maximum atomic E-state index is 13.3. The van der Waals surface area contributed by atoms with Crippen LogP contribution in [0, 0.1) is 16.3 Å². The minimum atomic E-state index is -0.608. The standard InChI is InChI=1S/C10H10FIO2/c1-3-14-10(13)7-5-9(12)6(2)4-8(7)11/h4-5H,3H2,1-2H3. The number of rotatable bonds is 2. The fourth-order valence-corrected chi connectivity index (χ4v) is 1.48. The number of hydrogen-bond donors (Lipinski definition) is 0. The summed E-state index contributed by atoms with van der Waals surface area (Å²) in [5.74, 6) is -1.13. The molecule has 76 valence electrons. The fourth-order valence-electron chi connectivity index (χ4n) is 1.01. The van der Waals surface area contributed by atoms with Gasteiger partial charge in [0.1, 0.15) is 5.82 Å². The van der Waals surface area contributed by atoms with E-state index in [0.717, 1.165) is 9.13 Å². The van der Waals surface area contributed by atoms with Gasteiger partial charge in [-0.1, -0.05) is 0 Å². The molecule has 1 rings (SSSR count). The van der Waals surface area contributed by atoms with E-state index < -0.39 is 11.8 Å². The summed E-state index contributed by atoms with van der Waals surface area (Å²) in [6.07, 6.45) is 0. The summed E-state index contributed by atoms with van der Waals surface area (Å²) in [5.41, 5.74) is 0.818. The molecule has 0 aliphatic carbocycles. The molecule has 0 N–H and O–H groups in total. The lowest BCUT2D eigenvalue weighted by atomic mass is 10.1. The lowest BCUT2D eigenvalue weighted by Crippen LogP contribution is -2.08. The van der Waals surface area contributed by atoms with Crippen molar-refractivity contribution in [2.45, 2.75) is 13.8 Å². The lowest BCUT2D eigenvalue weighted by Gasteiger charge is -2.05. The van der Waals surface area contributed by atoms with Crippen molar-refractivity contribution in [3.63, 3.8) is 0 Å². The highest BCUT2D eigenvalue weighted by molar-refractivity contribution is 14.1. The van der Waals surface area contributed by atoms with Crippen LogP contribution in [0.1, 0.15) is 22.8 Å². The van der Waals surface area contributed by atoms with Crippen molar-refractivity contribution in [2.24, 2.45) is 0 Å². The van der Waals surface area contributed by atoms with Gasteiger partial charge in [0.2, 0.25) is 0 Å². The molecule has 0 unspecified atom stereocenters. The quantitative estimate of drug-likeness (QED) is 0.620. The zero-order valence-corrected chi connectivity index (χ0v) is 10.1. The Morgan fingerprint density at radius 3 is 2.79 bits per heavy atom. The minimum Gasteiger partial charge on any atom is -0.462 e. The summed E-state index contributed by atoms with van der Waals surface area (Å²) in [7, 11) is 0. The van der Waals surface area contributed by atoms with Crippen molar-refractivity contribution in [1.82, 2.24) is 0 Å². The molecule has 0 fully saturated rings. The number of carbonyl (C=O) groups excluding carboxylic acids is 1. The molecular formula is C10H10FIO2. The molecule has 0 amide bonds. The summed E-state index contributed by atoms with van der Waals surface area (Å²) in [6.45, 7) is 3.73. The highest BCUT2D eigenvalue weighted by atomic mass is 127. The number of hydrogen-bond acceptors (Lipinski definition) is 2. The summed E-state index contributed by atoms with van der Waals surface area (Å²) in [5, 5.41) is 0. The van der Waals surface area contributed by atoms with E-state index in [-0.39, 0.29) is 12.2 Å². The Labute approximate surface area is 95.6 Å². The number of halogens is 2. The molecule has 1 aromatic carbocycles. The molecule has 0 radical (unpaired) electrons. The van der Waals surface area contributed by atoms with Gasteiger partial charge in [-0.2, -0.15) is 0 Å². The van der Waals surface area contributed by atoms with E-state index in [0.29, 0.717) is 0 Å². The van der Waals surface area contributed by atoms with Crippen LogP contribution >= 0.6 is 22.6 Å². The Bertz CT molecular complexity index is 363. The molecule has 2 nitrogen and oxygen atoms in total. The average Bonchev–Trinajstić information content (AvgIpc) is 2.11. The van der Waals surface area contributed by atoms with Gasteiger partial charge in [-0.15, -0.1) is 0 Å². The molecule has 0 atom stereocenters. The molecule has 14 heavy (non-hydrogen) atoms. The van der Waals surface area contributed by atoms with Crippen LogP contribution in [-0.4, -0.2) is 12.6 Å². The topological polar surface area (TPSA) is 26.3 Å². The minimum absolute atomic E-state index is 0.00171. The summed E-state index contributed by atoms with van der Waals surface area (Å²) < 4.78 is 18.9. The van der Waals surface area contributed by atoms with Crippen LogP contribution in [0.2, 0.25) is 0 Å². The smallest absolute Gasteiger partial charge is 0.341 e. The van der Waals surface area contributed by atoms with Crippen LogP contribution in [0.25, 0.3) is 0 Å². The Morgan fingerprint density at radius 2 is 2.21 bits per heavy atom. The maximum absolute atomic E-state index is 13.3. The first-order valence-corrected chi connectivity index (χ1v) is 5.27. The Hall–Kier alpha value is -0.650. The predicted octanol–water partition coefficient (Wildman–Crippen LogP) is 2.92. The van der Waals surface area contributed by atoms with Gasteiger partial charge in [0.05, 0.1) is 12.2 Å². The number of carbonyl (C=O) groups is 1. The average molecular weight is 308 g/mol. The van der Waals surface area contributed by atoms with Gasteiger partial charge in [-0.25, -0.2) is 9.18 Å². The van der Waals surface area contributed by atoms with E-state index in [9.17, 15) is 9.18 Å². The number of esters is 1. The van der Waals surface area contributed by atoms with E-state index in [4.69, 9.17) is 4.74 Å². The first kappa shape index (κ1) is 11.4. The highest BCUT2D eigenvalue weighted by Crippen LogP contribution is 2.17. The van der Waals surface area contributed by atoms with Gasteiger partial charge < -0.3 is 4.74 Å². The maximum Gasteiger partial charge on any atom is 0.341 e. The van der Waals surface area contributed by atoms with E-state index in [1.54, 1.807) is 13.8 Å². The molecule has 0 bridgehead atoms. The van der Waals surface area contributed by atoms with E-state index in [1.807, 2.05) is 0 Å². The largest absolute Gasteiger partial charge is 0.462 e. The molecule has 0 aliphatic heterocycles. The van der Waals surface area contributed by atoms with E-state index in [2.05, 4.69) is 22.6 Å². The van der Waals surface area contributed by atoms with Gasteiger partial charge in [0, 0.05) is 3.57 Å². The van der Waals surface area contributed by atoms with Crippen molar-refractivity contribution in [2.75, 3.05) is 6.61 Å². The monoisotopic (exact) mass is 308 g/mol. The zero-order chi connectivity index (χ0) is 10.7. The molecule has 1 aromatic rings. The molecule has 0 saturated heterocycles. The first-order valence-electron chi connectivity index (χ1n) is 4.19. The second-order valence-corrected chi connectivity index (χ2v) is 3.96. The lowest BCUT2D eigenvalue weighted by molar-refractivity contribution is 0.0521. The van der Waals surface area contributed by atoms with Crippen LogP contribution in [-0.2, 0) is 4.74 Å². The van der Waals surface area contributed by atoms with Crippen LogP contribution in [0.4, 0.5) is 4.39 Å². The Morgan fingerprint density at radius 1 is 1.57 bits per heavy atom. The van der Waals surface area contributed by atoms with Gasteiger partial charge in [-0.05, 0) is 54.1 Å². The van der Waals surface area contributed by atoms with Crippen molar-refractivity contribution in [1.29, 1.82) is 0 Å². The predicted molar refractivity (Wildman–Crippen MR) is 59.8 cm³/mol. The third-order valence-electron chi connectivity index (χ3n) is 1.74. The van der Waals surface area contributed by atoms with Gasteiger partial charge in [-0.3, -0.25) is 0 Å². The molecule has 0 aromatic heterocycles. The van der Waals surface area contributed by atoms with Crippen LogP contribution < -0.4 is 0 Å². The molecule has 4 heteroatoms. The summed E-state index contributed by atoms with van der Waals surface area (Å²) >= 11 is 2.05. The number of benzene rings is 1. The van der Waals surface area contributed by atoms with Gasteiger partial charge in [0.15, 0.2) is 0 Å². The van der Waals surface area contributed by atoms with Crippen molar-refractivity contribution in [3.8, 4) is 0 Å². The van der Waals surface area contributed by atoms with Gasteiger partial charge in [0.25, 0.3) is 0 Å². The molecule has 0 heterocycles. The van der Waals surface area contributed by atoms with Crippen molar-refractivity contribution in [3.05, 3.63) is 32.6 Å². The van der Waals surface area contributed by atoms with Gasteiger partial charge >= 0.3 is 5.97 Å². The number of ether oxygens (including phenoxy) is 1. The molecular weight excluding hydrogens is 298 g/mol. The van der Waals surface area contributed by atoms with E-state index in [1.165, 1.54) is 12.1 Å². The van der Waals surface area contributed by atoms with Crippen molar-refractivity contribution >= 4 is 28.6 Å². The summed E-state index contributed by atoms with van der Waals surface area (Å²) in [4.78, 5) is 11.3. The first-order chi connectivity index (χ1) is 6.56. The van der Waals surface area contributed by atoms with Crippen molar-refractivity contribution < 1.29 is 13.9 Å². The van der Waals surface area contributed by atoms with E-state index >= 15 is 0 Å². The normalized spacial score (nSPS) is 10.0. The highest BCUT2D eigenvalue weighted by Gasteiger charge is 2.14. The zero-order valence-electron chi connectivity index (χ0n) is 7.93. The van der Waals surface area contributed by atoms with Crippen LogP contribution in [0.3, 0.4) is 0 Å². The Balaban J connectivity index is 3.09. The Kier molecular flexibility index (Phi) is 3.86. The second-order valence-electron chi connectivity index (χ2n) is 2.80. The fraction of sp³-hybridized carbons (Fsp3) is 0.300. The summed E-state index contributed by atoms with van der Waals surface area (Å²) in [6, 6.07) is 2.84. The molecule has 0 aliphatic rings. The second kappa shape index (κ2) is 4.72.